The first-order chi connectivity index (χ1) is 15.4. The van der Waals surface area contributed by atoms with Gasteiger partial charge >= 0.3 is 0 Å². The van der Waals surface area contributed by atoms with E-state index in [-0.39, 0.29) is 17.6 Å². The Hall–Kier alpha value is -3.51. The molecule has 0 bridgehead atoms. The molecule has 0 aliphatic carbocycles. The first kappa shape index (κ1) is 20.4. The number of aryl methyl sites for hydroxylation is 3. The monoisotopic (exact) mass is 430 g/mol. The van der Waals surface area contributed by atoms with Crippen LogP contribution in [0.4, 0.5) is 15.8 Å². The predicted molar refractivity (Wildman–Crippen MR) is 120 cm³/mol. The van der Waals surface area contributed by atoms with E-state index >= 15 is 0 Å². The average molecular weight is 430 g/mol. The topological polar surface area (TPSA) is 49.9 Å². The second kappa shape index (κ2) is 7.57. The summed E-state index contributed by atoms with van der Waals surface area (Å²) >= 11 is 0. The number of imide groups is 1. The smallest absolute Gasteiger partial charge is 0.266 e. The van der Waals surface area contributed by atoms with E-state index in [0.717, 1.165) is 22.4 Å². The van der Waals surface area contributed by atoms with Gasteiger partial charge in [-0.2, -0.15) is 0 Å². The second-order valence-electron chi connectivity index (χ2n) is 8.47. The third-order valence-electron chi connectivity index (χ3n) is 6.20. The van der Waals surface area contributed by atoms with Crippen LogP contribution in [0.5, 0.6) is 0 Å². The predicted octanol–water partition coefficient (Wildman–Crippen LogP) is 4.80. The van der Waals surface area contributed by atoms with E-state index in [1.165, 1.54) is 17.0 Å². The quantitative estimate of drug-likeness (QED) is 0.560. The molecule has 2 heterocycles. The number of carbonyl (C=O) groups is 2. The number of rotatable bonds is 3. The number of fused-ring (bicyclic) bond motifs is 1. The maximum atomic E-state index is 13.7. The van der Waals surface area contributed by atoms with E-state index in [2.05, 4.69) is 0 Å². The molecular formula is C26H23FN2O3. The molecule has 0 aromatic heterocycles. The highest BCUT2D eigenvalue weighted by Crippen LogP contribution is 2.48. The average Bonchev–Trinajstić information content (AvgIpc) is 3.26. The zero-order valence-electron chi connectivity index (χ0n) is 18.1. The van der Waals surface area contributed by atoms with Crippen LogP contribution in [0.15, 0.2) is 66.7 Å². The molecule has 0 spiro atoms. The Morgan fingerprint density at radius 3 is 2.09 bits per heavy atom. The summed E-state index contributed by atoms with van der Waals surface area (Å²) in [6, 6.07) is 18.7. The zero-order chi connectivity index (χ0) is 22.6. The van der Waals surface area contributed by atoms with Crippen molar-refractivity contribution in [2.75, 3.05) is 9.96 Å². The highest BCUT2D eigenvalue weighted by Gasteiger charge is 2.60. The standard InChI is InChI=1S/C26H23FN2O3/c1-15-13-16(2)22(17(3)14-15)28-25(30)21-23(18-9-11-19(27)12-10-18)29(32-24(21)26(28)31)20-7-5-4-6-8-20/h4-14,21,23-24H,1-3H3/t21-,23+,24-/m1/s1. The van der Waals surface area contributed by atoms with Crippen molar-refractivity contribution in [1.29, 1.82) is 0 Å². The SMILES string of the molecule is Cc1cc(C)c(N2C(=O)[C@H]3[C@@H](ON(c4ccccc4)[C@H]3c3ccc(F)cc3)C2=O)c(C)c1. The summed E-state index contributed by atoms with van der Waals surface area (Å²) in [6.07, 6.45) is -0.946. The van der Waals surface area contributed by atoms with Crippen LogP contribution in [0.3, 0.4) is 0 Å². The van der Waals surface area contributed by atoms with Gasteiger partial charge in [-0.15, -0.1) is 0 Å². The molecule has 2 aliphatic rings. The van der Waals surface area contributed by atoms with Crippen LogP contribution in [0.25, 0.3) is 0 Å². The molecule has 6 heteroatoms. The van der Waals surface area contributed by atoms with E-state index in [9.17, 15) is 14.0 Å². The minimum Gasteiger partial charge on any atom is -0.273 e. The lowest BCUT2D eigenvalue weighted by atomic mass is 9.90. The molecule has 0 N–H and O–H groups in total. The lowest BCUT2D eigenvalue weighted by molar-refractivity contribution is -0.126. The van der Waals surface area contributed by atoms with Gasteiger partial charge in [-0.3, -0.25) is 14.4 Å². The molecule has 2 saturated heterocycles. The largest absolute Gasteiger partial charge is 0.273 e. The van der Waals surface area contributed by atoms with Crippen molar-refractivity contribution in [1.82, 2.24) is 0 Å². The number of hydrogen-bond donors (Lipinski definition) is 0. The van der Waals surface area contributed by atoms with Gasteiger partial charge in [0.05, 0.1) is 17.4 Å². The molecule has 5 nitrogen and oxygen atoms in total. The van der Waals surface area contributed by atoms with Crippen LogP contribution in [0.2, 0.25) is 0 Å². The van der Waals surface area contributed by atoms with Crippen molar-refractivity contribution in [2.24, 2.45) is 5.92 Å². The maximum Gasteiger partial charge on any atom is 0.266 e. The zero-order valence-corrected chi connectivity index (χ0v) is 18.1. The fraction of sp³-hybridized carbons (Fsp3) is 0.231. The Kier molecular flexibility index (Phi) is 4.82. The molecule has 2 aliphatic heterocycles. The van der Waals surface area contributed by atoms with Gasteiger partial charge in [-0.1, -0.05) is 48.0 Å². The number of hydrogen-bond acceptors (Lipinski definition) is 4. The number of para-hydroxylation sites is 1. The van der Waals surface area contributed by atoms with Crippen LogP contribution in [-0.2, 0) is 14.4 Å². The Labute approximate surface area is 186 Å². The Balaban J connectivity index is 1.61. The van der Waals surface area contributed by atoms with Gasteiger partial charge in [-0.05, 0) is 61.7 Å². The van der Waals surface area contributed by atoms with E-state index in [1.807, 2.05) is 63.2 Å². The number of anilines is 2. The van der Waals surface area contributed by atoms with Gasteiger partial charge in [0.2, 0.25) is 5.91 Å². The molecule has 0 unspecified atom stereocenters. The van der Waals surface area contributed by atoms with Crippen LogP contribution in [-0.4, -0.2) is 17.9 Å². The molecule has 3 aromatic rings. The number of carbonyl (C=O) groups excluding carboxylic acids is 2. The summed E-state index contributed by atoms with van der Waals surface area (Å²) in [6.45, 7) is 5.79. The molecule has 3 atom stereocenters. The van der Waals surface area contributed by atoms with E-state index in [0.29, 0.717) is 11.3 Å². The summed E-state index contributed by atoms with van der Waals surface area (Å²) in [5.41, 5.74) is 4.85. The highest BCUT2D eigenvalue weighted by molar-refractivity contribution is 6.24. The first-order valence-electron chi connectivity index (χ1n) is 10.6. The van der Waals surface area contributed by atoms with Gasteiger partial charge in [0.15, 0.2) is 6.10 Å². The third-order valence-corrected chi connectivity index (χ3v) is 6.20. The maximum absolute atomic E-state index is 13.7. The molecule has 2 amide bonds. The van der Waals surface area contributed by atoms with Crippen LogP contribution >= 0.6 is 0 Å². The molecule has 3 aromatic carbocycles. The third kappa shape index (κ3) is 3.10. The minimum absolute atomic E-state index is 0.303. The van der Waals surface area contributed by atoms with Crippen LogP contribution in [0, 0.1) is 32.5 Å². The summed E-state index contributed by atoms with van der Waals surface area (Å²) in [5.74, 6) is -1.78. The molecular weight excluding hydrogens is 407 g/mol. The van der Waals surface area contributed by atoms with Crippen LogP contribution < -0.4 is 9.96 Å². The fourth-order valence-corrected chi connectivity index (χ4v) is 4.96. The number of benzene rings is 3. The van der Waals surface area contributed by atoms with Gasteiger partial charge < -0.3 is 0 Å². The number of halogens is 1. The Bertz CT molecular complexity index is 1190. The van der Waals surface area contributed by atoms with E-state index < -0.39 is 18.1 Å². The van der Waals surface area contributed by atoms with Crippen molar-refractivity contribution >= 4 is 23.2 Å². The van der Waals surface area contributed by atoms with Crippen molar-refractivity contribution in [3.63, 3.8) is 0 Å². The van der Waals surface area contributed by atoms with Gasteiger partial charge in [0.1, 0.15) is 11.7 Å². The first-order valence-corrected chi connectivity index (χ1v) is 10.6. The molecule has 0 radical (unpaired) electrons. The van der Waals surface area contributed by atoms with Gasteiger partial charge in [0, 0.05) is 0 Å². The lowest BCUT2D eigenvalue weighted by Crippen LogP contribution is -2.38. The number of nitrogens with zero attached hydrogens (tertiary/aromatic N) is 2. The van der Waals surface area contributed by atoms with Gasteiger partial charge in [0.25, 0.3) is 5.91 Å². The highest BCUT2D eigenvalue weighted by atomic mass is 19.1. The fourth-order valence-electron chi connectivity index (χ4n) is 4.96. The van der Waals surface area contributed by atoms with Crippen molar-refractivity contribution in [3.8, 4) is 0 Å². The minimum atomic E-state index is -0.946. The van der Waals surface area contributed by atoms with E-state index in [1.54, 1.807) is 17.2 Å². The van der Waals surface area contributed by atoms with Gasteiger partial charge in [-0.25, -0.2) is 14.4 Å². The molecule has 2 fully saturated rings. The summed E-state index contributed by atoms with van der Waals surface area (Å²) in [5, 5.41) is 1.62. The Morgan fingerprint density at radius 1 is 0.844 bits per heavy atom. The summed E-state index contributed by atoms with van der Waals surface area (Å²) < 4.78 is 13.6. The molecule has 162 valence electrons. The molecule has 32 heavy (non-hydrogen) atoms. The summed E-state index contributed by atoms with van der Waals surface area (Å²) in [7, 11) is 0. The lowest BCUT2D eigenvalue weighted by Gasteiger charge is -2.29. The Morgan fingerprint density at radius 2 is 1.47 bits per heavy atom. The second-order valence-corrected chi connectivity index (χ2v) is 8.47. The van der Waals surface area contributed by atoms with Crippen molar-refractivity contribution in [2.45, 2.75) is 32.9 Å². The molecule has 5 rings (SSSR count). The van der Waals surface area contributed by atoms with Crippen molar-refractivity contribution in [3.05, 3.63) is 94.8 Å². The summed E-state index contributed by atoms with van der Waals surface area (Å²) in [4.78, 5) is 34.6. The normalized spacial score (nSPS) is 22.6. The van der Waals surface area contributed by atoms with Crippen molar-refractivity contribution < 1.29 is 18.8 Å². The van der Waals surface area contributed by atoms with Crippen LogP contribution in [0.1, 0.15) is 28.3 Å². The van der Waals surface area contributed by atoms with E-state index in [4.69, 9.17) is 4.84 Å². The number of hydroxylamine groups is 1. The number of amides is 2. The molecule has 0 saturated carbocycles.